The molecule has 2 amide bonds. The maximum Gasteiger partial charge on any atom is 0.274 e. The number of H-pyrrole nitrogens is 1. The lowest BCUT2D eigenvalue weighted by molar-refractivity contribution is 0.0530. The second kappa shape index (κ2) is 10.6. The fourth-order valence-corrected chi connectivity index (χ4v) is 5.99. The Bertz CT molecular complexity index is 1070. The van der Waals surface area contributed by atoms with Crippen LogP contribution in [-0.4, -0.2) is 53.2 Å². The van der Waals surface area contributed by atoms with E-state index < -0.39 is 0 Å². The number of fused-ring (bicyclic) bond motifs is 2. The van der Waals surface area contributed by atoms with Crippen LogP contribution in [0, 0.1) is 5.41 Å². The molecule has 2 aliphatic heterocycles. The monoisotopic (exact) mass is 498 g/mol. The van der Waals surface area contributed by atoms with Gasteiger partial charge in [0.15, 0.2) is 5.69 Å². The Kier molecular flexibility index (Phi) is 7.32. The highest BCUT2D eigenvalue weighted by molar-refractivity contribution is 6.31. The van der Waals surface area contributed by atoms with Gasteiger partial charge in [-0.15, -0.1) is 0 Å². The normalized spacial score (nSPS) is 20.9. The number of nitrogens with zero attached hydrogens (tertiary/aromatic N) is 2. The average molecular weight is 499 g/mol. The number of aromatic amines is 1. The average Bonchev–Trinajstić information content (AvgIpc) is 3.31. The number of carbonyl (C=O) groups excluding carboxylic acids is 2. The van der Waals surface area contributed by atoms with Crippen LogP contribution in [0.25, 0.3) is 0 Å². The third-order valence-corrected chi connectivity index (χ3v) is 8.27. The topological polar surface area (TPSA) is 87.3 Å². The summed E-state index contributed by atoms with van der Waals surface area (Å²) in [5, 5.41) is 11.2. The third-order valence-electron chi connectivity index (χ3n) is 8.04. The molecule has 3 heterocycles. The van der Waals surface area contributed by atoms with Crippen LogP contribution in [0.15, 0.2) is 18.2 Å². The summed E-state index contributed by atoms with van der Waals surface area (Å²) < 4.78 is 5.91. The first-order chi connectivity index (χ1) is 17.0. The SMILES string of the molecule is O=C1NCC2(CCCCCCOc3ccc(Cl)cc31)CCN(C(=O)c1n[nH]c3c1CCCC3)CC2. The number of hydrogen-bond donors (Lipinski definition) is 2. The van der Waals surface area contributed by atoms with E-state index in [1.54, 1.807) is 18.2 Å². The molecule has 35 heavy (non-hydrogen) atoms. The molecule has 0 radical (unpaired) electrons. The van der Waals surface area contributed by atoms with Gasteiger partial charge < -0.3 is 15.0 Å². The predicted molar refractivity (Wildman–Crippen MR) is 135 cm³/mol. The number of aryl methyl sites for hydroxylation is 1. The first-order valence-corrected chi connectivity index (χ1v) is 13.5. The Morgan fingerprint density at radius 3 is 2.69 bits per heavy atom. The molecule has 8 heteroatoms. The van der Waals surface area contributed by atoms with Gasteiger partial charge in [0.1, 0.15) is 5.75 Å². The number of hydrogen-bond acceptors (Lipinski definition) is 4. The van der Waals surface area contributed by atoms with Gasteiger partial charge in [0.05, 0.1) is 12.2 Å². The standard InChI is InChI=1S/C27H35ClN4O3/c28-19-9-10-23-21(17-19)25(33)29-18-27(11-5-1-2-6-16-35-23)12-14-32(15-13-27)26(34)24-20-7-3-4-8-22(20)30-31-24/h9-10,17H,1-8,11-16,18H2,(H,29,33)(H,30,31). The van der Waals surface area contributed by atoms with E-state index in [9.17, 15) is 9.59 Å². The first kappa shape index (κ1) is 24.2. The van der Waals surface area contributed by atoms with Crippen LogP contribution < -0.4 is 10.1 Å². The second-order valence-electron chi connectivity index (χ2n) is 10.4. The van der Waals surface area contributed by atoms with E-state index in [0.29, 0.717) is 48.3 Å². The van der Waals surface area contributed by atoms with E-state index in [-0.39, 0.29) is 17.2 Å². The summed E-state index contributed by atoms with van der Waals surface area (Å²) >= 11 is 6.19. The van der Waals surface area contributed by atoms with Gasteiger partial charge in [-0.3, -0.25) is 14.7 Å². The largest absolute Gasteiger partial charge is 0.493 e. The maximum absolute atomic E-state index is 13.3. The minimum atomic E-state index is -0.150. The van der Waals surface area contributed by atoms with Crippen molar-refractivity contribution in [2.75, 3.05) is 26.2 Å². The summed E-state index contributed by atoms with van der Waals surface area (Å²) in [5.74, 6) is 0.486. The van der Waals surface area contributed by atoms with Gasteiger partial charge in [0, 0.05) is 35.9 Å². The lowest BCUT2D eigenvalue weighted by atomic mass is 9.74. The Balaban J connectivity index is 1.28. The zero-order valence-corrected chi connectivity index (χ0v) is 21.1. The van der Waals surface area contributed by atoms with Crippen molar-refractivity contribution in [1.82, 2.24) is 20.4 Å². The highest BCUT2D eigenvalue weighted by Crippen LogP contribution is 2.38. The van der Waals surface area contributed by atoms with Crippen molar-refractivity contribution >= 4 is 23.4 Å². The molecule has 0 unspecified atom stereocenters. The molecule has 7 nitrogen and oxygen atoms in total. The minimum Gasteiger partial charge on any atom is -0.493 e. The van der Waals surface area contributed by atoms with E-state index in [1.165, 1.54) is 0 Å². The van der Waals surface area contributed by atoms with E-state index >= 15 is 0 Å². The van der Waals surface area contributed by atoms with E-state index in [4.69, 9.17) is 16.3 Å². The molecule has 0 saturated carbocycles. The van der Waals surface area contributed by atoms with Gasteiger partial charge in [-0.1, -0.05) is 30.9 Å². The van der Waals surface area contributed by atoms with Crippen LogP contribution in [0.3, 0.4) is 0 Å². The molecule has 5 rings (SSSR count). The Hall–Kier alpha value is -2.54. The van der Waals surface area contributed by atoms with E-state index in [1.807, 2.05) is 4.90 Å². The van der Waals surface area contributed by atoms with Gasteiger partial charge in [0.25, 0.3) is 11.8 Å². The van der Waals surface area contributed by atoms with Crippen LogP contribution in [0.4, 0.5) is 0 Å². The van der Waals surface area contributed by atoms with Crippen molar-refractivity contribution in [3.05, 3.63) is 45.7 Å². The van der Waals surface area contributed by atoms with E-state index in [2.05, 4.69) is 15.5 Å². The molecule has 1 spiro atoms. The molecule has 1 saturated heterocycles. The highest BCUT2D eigenvalue weighted by Gasteiger charge is 2.37. The molecular formula is C27H35ClN4O3. The number of aromatic nitrogens is 2. The van der Waals surface area contributed by atoms with Gasteiger partial charge in [-0.2, -0.15) is 5.10 Å². The van der Waals surface area contributed by atoms with E-state index in [0.717, 1.165) is 81.9 Å². The second-order valence-corrected chi connectivity index (χ2v) is 10.8. The number of piperidine rings is 1. The quantitative estimate of drug-likeness (QED) is 0.583. The highest BCUT2D eigenvalue weighted by atomic mass is 35.5. The zero-order valence-electron chi connectivity index (χ0n) is 20.3. The van der Waals surface area contributed by atoms with Crippen LogP contribution in [-0.2, 0) is 12.8 Å². The molecule has 1 aromatic heterocycles. The number of carbonyl (C=O) groups is 2. The summed E-state index contributed by atoms with van der Waals surface area (Å²) in [5.41, 5.74) is 3.35. The lowest BCUT2D eigenvalue weighted by Crippen LogP contribution is -2.48. The molecule has 1 aromatic carbocycles. The summed E-state index contributed by atoms with van der Waals surface area (Å²) in [4.78, 5) is 28.4. The Labute approximate surface area is 211 Å². The Morgan fingerprint density at radius 1 is 1.03 bits per heavy atom. The maximum atomic E-state index is 13.3. The molecule has 1 aliphatic carbocycles. The number of nitrogens with one attached hydrogen (secondary N) is 2. The molecule has 0 bridgehead atoms. The molecule has 2 aromatic rings. The molecule has 188 valence electrons. The van der Waals surface area contributed by atoms with Crippen molar-refractivity contribution in [2.45, 2.75) is 70.6 Å². The summed E-state index contributed by atoms with van der Waals surface area (Å²) in [6.45, 7) is 2.59. The van der Waals surface area contributed by atoms with Crippen molar-refractivity contribution in [3.8, 4) is 5.75 Å². The summed E-state index contributed by atoms with van der Waals surface area (Å²) in [6, 6.07) is 5.23. The number of amides is 2. The van der Waals surface area contributed by atoms with Crippen LogP contribution in [0.5, 0.6) is 5.75 Å². The van der Waals surface area contributed by atoms with Crippen LogP contribution >= 0.6 is 11.6 Å². The van der Waals surface area contributed by atoms with Gasteiger partial charge in [-0.05, 0) is 75.0 Å². The predicted octanol–water partition coefficient (Wildman–Crippen LogP) is 4.94. The fourth-order valence-electron chi connectivity index (χ4n) is 5.81. The van der Waals surface area contributed by atoms with Gasteiger partial charge in [-0.25, -0.2) is 0 Å². The number of likely N-dealkylation sites (tertiary alicyclic amines) is 1. The number of benzene rings is 1. The summed E-state index contributed by atoms with van der Waals surface area (Å²) in [7, 11) is 0. The molecule has 0 atom stereocenters. The van der Waals surface area contributed by atoms with Crippen molar-refractivity contribution in [1.29, 1.82) is 0 Å². The molecule has 3 aliphatic rings. The van der Waals surface area contributed by atoms with Gasteiger partial charge in [0.2, 0.25) is 0 Å². The lowest BCUT2D eigenvalue weighted by Gasteiger charge is -2.42. The molecule has 2 N–H and O–H groups in total. The summed E-state index contributed by atoms with van der Waals surface area (Å²) in [6.07, 6.45) is 11.3. The zero-order chi connectivity index (χ0) is 24.3. The fraction of sp³-hybridized carbons (Fsp3) is 0.593. The minimum absolute atomic E-state index is 0.00884. The number of rotatable bonds is 1. The Morgan fingerprint density at radius 2 is 1.83 bits per heavy atom. The van der Waals surface area contributed by atoms with Gasteiger partial charge >= 0.3 is 0 Å². The smallest absolute Gasteiger partial charge is 0.274 e. The number of halogens is 1. The third kappa shape index (κ3) is 5.35. The van der Waals surface area contributed by atoms with Crippen LogP contribution in [0.1, 0.15) is 89.9 Å². The van der Waals surface area contributed by atoms with Crippen LogP contribution in [0.2, 0.25) is 5.02 Å². The molecular weight excluding hydrogens is 464 g/mol. The molecule has 1 fully saturated rings. The first-order valence-electron chi connectivity index (χ1n) is 13.1. The number of ether oxygens (including phenoxy) is 1. The van der Waals surface area contributed by atoms with Crippen molar-refractivity contribution in [2.24, 2.45) is 5.41 Å². The van der Waals surface area contributed by atoms with Crippen molar-refractivity contribution in [3.63, 3.8) is 0 Å². The van der Waals surface area contributed by atoms with Crippen molar-refractivity contribution < 1.29 is 14.3 Å².